The molecule has 0 unspecified atom stereocenters. The smallest absolute Gasteiger partial charge is 0.371 e. The highest BCUT2D eigenvalue weighted by Gasteiger charge is 2.08. The lowest BCUT2D eigenvalue weighted by Crippen LogP contribution is -2.19. The molecule has 0 aliphatic carbocycles. The van der Waals surface area contributed by atoms with E-state index in [2.05, 4.69) is 21.2 Å². The van der Waals surface area contributed by atoms with Gasteiger partial charge in [0.15, 0.2) is 0 Å². The van der Waals surface area contributed by atoms with Crippen LogP contribution in [-0.2, 0) is 11.3 Å². The van der Waals surface area contributed by atoms with Crippen LogP contribution in [0.2, 0.25) is 0 Å². The lowest BCUT2D eigenvalue weighted by molar-refractivity contribution is -0.116. The van der Waals surface area contributed by atoms with Crippen LogP contribution >= 0.6 is 15.9 Å². The molecule has 2 N–H and O–H groups in total. The Kier molecular flexibility index (Phi) is 4.94. The lowest BCUT2D eigenvalue weighted by Gasteiger charge is -2.00. The second-order valence-electron chi connectivity index (χ2n) is 4.14. The van der Waals surface area contributed by atoms with Crippen LogP contribution in [0.5, 0.6) is 0 Å². The zero-order chi connectivity index (χ0) is 15.2. The number of furan rings is 1. The number of rotatable bonds is 5. The third kappa shape index (κ3) is 4.32. The molecule has 6 heteroatoms. The number of amides is 1. The third-order valence-corrected chi connectivity index (χ3v) is 3.35. The summed E-state index contributed by atoms with van der Waals surface area (Å²) in [5.41, 5.74) is 0.888. The molecular weight excluding hydrogens is 338 g/mol. The molecule has 108 valence electrons. The molecule has 0 bridgehead atoms. The van der Waals surface area contributed by atoms with Gasteiger partial charge in [0, 0.05) is 10.5 Å². The molecule has 2 rings (SSSR count). The van der Waals surface area contributed by atoms with Crippen molar-refractivity contribution in [1.82, 2.24) is 5.32 Å². The highest BCUT2D eigenvalue weighted by molar-refractivity contribution is 9.10. The number of hydrogen-bond acceptors (Lipinski definition) is 3. The number of hydrogen-bond donors (Lipinski definition) is 2. The fraction of sp³-hybridized carbons (Fsp3) is 0.0667. The van der Waals surface area contributed by atoms with Gasteiger partial charge >= 0.3 is 5.97 Å². The Morgan fingerprint density at radius 1 is 1.24 bits per heavy atom. The number of carbonyl (C=O) groups excluding carboxylic acids is 1. The van der Waals surface area contributed by atoms with Crippen LogP contribution in [0.4, 0.5) is 0 Å². The van der Waals surface area contributed by atoms with Crippen LogP contribution in [0.1, 0.15) is 21.9 Å². The molecule has 1 aromatic heterocycles. The summed E-state index contributed by atoms with van der Waals surface area (Å²) in [4.78, 5) is 22.3. The molecule has 0 atom stereocenters. The molecule has 0 aliphatic rings. The topological polar surface area (TPSA) is 79.5 Å². The van der Waals surface area contributed by atoms with E-state index in [-0.39, 0.29) is 18.2 Å². The molecule has 0 saturated heterocycles. The van der Waals surface area contributed by atoms with E-state index in [0.29, 0.717) is 5.76 Å². The van der Waals surface area contributed by atoms with Crippen molar-refractivity contribution < 1.29 is 19.1 Å². The predicted molar refractivity (Wildman–Crippen MR) is 80.7 cm³/mol. The molecule has 0 radical (unpaired) electrons. The minimum absolute atomic E-state index is 0.131. The van der Waals surface area contributed by atoms with Crippen molar-refractivity contribution in [3.05, 3.63) is 64.0 Å². The van der Waals surface area contributed by atoms with Crippen LogP contribution in [0.25, 0.3) is 6.08 Å². The quantitative estimate of drug-likeness (QED) is 0.813. The minimum atomic E-state index is -1.14. The zero-order valence-electron chi connectivity index (χ0n) is 10.9. The van der Waals surface area contributed by atoms with E-state index in [0.717, 1.165) is 10.0 Å². The second-order valence-corrected chi connectivity index (χ2v) is 5.00. The maximum atomic E-state index is 11.7. The van der Waals surface area contributed by atoms with Crippen LogP contribution < -0.4 is 5.32 Å². The van der Waals surface area contributed by atoms with Gasteiger partial charge in [0.2, 0.25) is 11.7 Å². The van der Waals surface area contributed by atoms with Gasteiger partial charge in [-0.3, -0.25) is 4.79 Å². The van der Waals surface area contributed by atoms with Crippen LogP contribution in [0.15, 0.2) is 51.4 Å². The first-order valence-electron chi connectivity index (χ1n) is 6.08. The summed E-state index contributed by atoms with van der Waals surface area (Å²) in [7, 11) is 0. The minimum Gasteiger partial charge on any atom is -0.475 e. The average Bonchev–Trinajstić information content (AvgIpc) is 2.93. The molecule has 1 amide bonds. The Morgan fingerprint density at radius 2 is 2.00 bits per heavy atom. The molecule has 0 saturated carbocycles. The van der Waals surface area contributed by atoms with Gasteiger partial charge in [0.1, 0.15) is 5.76 Å². The van der Waals surface area contributed by atoms with E-state index in [4.69, 9.17) is 9.52 Å². The standard InChI is InChI=1S/C15H12BrNO4/c16-12-4-2-1-3-10(12)5-8-14(18)17-9-11-6-7-13(21-11)15(19)20/h1-8H,9H2,(H,17,18)(H,19,20)/b8-5+. The number of halogens is 1. The molecular formula is C15H12BrNO4. The number of aromatic carboxylic acids is 1. The van der Waals surface area contributed by atoms with Crippen LogP contribution in [-0.4, -0.2) is 17.0 Å². The highest BCUT2D eigenvalue weighted by Crippen LogP contribution is 2.17. The van der Waals surface area contributed by atoms with Crippen molar-refractivity contribution in [3.8, 4) is 0 Å². The van der Waals surface area contributed by atoms with Gasteiger partial charge in [-0.05, 0) is 29.8 Å². The number of benzene rings is 1. The fourth-order valence-corrected chi connectivity index (χ4v) is 2.01. The van der Waals surface area contributed by atoms with Gasteiger partial charge in [-0.25, -0.2) is 4.79 Å². The van der Waals surface area contributed by atoms with Gasteiger partial charge in [-0.15, -0.1) is 0 Å². The summed E-state index contributed by atoms with van der Waals surface area (Å²) in [5.74, 6) is -1.20. The summed E-state index contributed by atoms with van der Waals surface area (Å²) in [5, 5.41) is 11.3. The van der Waals surface area contributed by atoms with Gasteiger partial charge in [-0.1, -0.05) is 34.1 Å². The first-order valence-corrected chi connectivity index (χ1v) is 6.88. The van der Waals surface area contributed by atoms with Crippen molar-refractivity contribution in [2.45, 2.75) is 6.54 Å². The van der Waals surface area contributed by atoms with Gasteiger partial charge in [0.05, 0.1) is 6.54 Å². The summed E-state index contributed by atoms with van der Waals surface area (Å²) < 4.78 is 5.93. The van der Waals surface area contributed by atoms with Gasteiger partial charge in [0.25, 0.3) is 0 Å². The number of carbonyl (C=O) groups is 2. The van der Waals surface area contributed by atoms with E-state index in [1.165, 1.54) is 18.2 Å². The van der Waals surface area contributed by atoms with E-state index in [1.54, 1.807) is 6.08 Å². The van der Waals surface area contributed by atoms with Crippen molar-refractivity contribution in [2.24, 2.45) is 0 Å². The summed E-state index contributed by atoms with van der Waals surface area (Å²) in [6.45, 7) is 0.131. The van der Waals surface area contributed by atoms with E-state index in [1.807, 2.05) is 24.3 Å². The van der Waals surface area contributed by atoms with Gasteiger partial charge in [-0.2, -0.15) is 0 Å². The van der Waals surface area contributed by atoms with E-state index >= 15 is 0 Å². The van der Waals surface area contributed by atoms with Crippen molar-refractivity contribution in [2.75, 3.05) is 0 Å². The third-order valence-electron chi connectivity index (χ3n) is 2.63. The first kappa shape index (κ1) is 15.1. The monoisotopic (exact) mass is 349 g/mol. The SMILES string of the molecule is O=C(/C=C/c1ccccc1Br)NCc1ccc(C(=O)O)o1. The molecule has 2 aromatic rings. The van der Waals surface area contributed by atoms with Crippen molar-refractivity contribution in [1.29, 1.82) is 0 Å². The number of nitrogens with one attached hydrogen (secondary N) is 1. The van der Waals surface area contributed by atoms with Crippen molar-refractivity contribution in [3.63, 3.8) is 0 Å². The molecule has 21 heavy (non-hydrogen) atoms. The maximum Gasteiger partial charge on any atom is 0.371 e. The Bertz CT molecular complexity index is 690. The number of carboxylic acids is 1. The molecule has 0 fully saturated rings. The predicted octanol–water partition coefficient (Wildman–Crippen LogP) is 3.07. The van der Waals surface area contributed by atoms with Gasteiger partial charge < -0.3 is 14.8 Å². The normalized spacial score (nSPS) is 10.7. The molecule has 1 heterocycles. The van der Waals surface area contributed by atoms with E-state index in [9.17, 15) is 9.59 Å². The molecule has 0 aliphatic heterocycles. The molecule has 5 nitrogen and oxygen atoms in total. The first-order chi connectivity index (χ1) is 10.1. The van der Waals surface area contributed by atoms with Crippen LogP contribution in [0, 0.1) is 0 Å². The Morgan fingerprint density at radius 3 is 2.67 bits per heavy atom. The van der Waals surface area contributed by atoms with Crippen LogP contribution in [0.3, 0.4) is 0 Å². The summed E-state index contributed by atoms with van der Waals surface area (Å²) in [6, 6.07) is 10.4. The average molecular weight is 350 g/mol. The number of carboxylic acid groups (broad SMARTS) is 1. The fourth-order valence-electron chi connectivity index (χ4n) is 1.60. The summed E-state index contributed by atoms with van der Waals surface area (Å²) in [6.07, 6.45) is 3.09. The molecule has 0 spiro atoms. The zero-order valence-corrected chi connectivity index (χ0v) is 12.5. The largest absolute Gasteiger partial charge is 0.475 e. The Labute approximate surface area is 129 Å². The lowest BCUT2D eigenvalue weighted by atomic mass is 10.2. The highest BCUT2D eigenvalue weighted by atomic mass is 79.9. The second kappa shape index (κ2) is 6.90. The van der Waals surface area contributed by atoms with E-state index < -0.39 is 5.97 Å². The Hall–Kier alpha value is -2.34. The summed E-state index contributed by atoms with van der Waals surface area (Å²) >= 11 is 3.38. The molecule has 1 aromatic carbocycles. The van der Waals surface area contributed by atoms with Crippen molar-refractivity contribution >= 4 is 33.9 Å². The maximum absolute atomic E-state index is 11.7. The Balaban J connectivity index is 1.90.